The summed E-state index contributed by atoms with van der Waals surface area (Å²) in [5, 5.41) is 9.62. The lowest BCUT2D eigenvalue weighted by molar-refractivity contribution is 1.08. The Hall–Kier alpha value is -8.67. The topological polar surface area (TPSA) is 48.5 Å². The fourth-order valence-electron chi connectivity index (χ4n) is 9.80. The maximum absolute atomic E-state index is 5.21. The molecule has 0 amide bonds. The van der Waals surface area contributed by atoms with Crippen LogP contribution >= 0.6 is 0 Å². The van der Waals surface area contributed by atoms with Crippen LogP contribution in [0.15, 0.2) is 224 Å². The molecule has 5 heteroatoms. The van der Waals surface area contributed by atoms with Crippen LogP contribution in [0.5, 0.6) is 0 Å². The van der Waals surface area contributed by atoms with Crippen LogP contribution < -0.4 is 0 Å². The van der Waals surface area contributed by atoms with Crippen molar-refractivity contribution >= 4 is 65.2 Å². The average molecular weight is 816 g/mol. The van der Waals surface area contributed by atoms with E-state index in [0.29, 0.717) is 17.5 Å². The van der Waals surface area contributed by atoms with Crippen molar-refractivity contribution in [1.82, 2.24) is 24.1 Å². The number of hydrogen-bond acceptors (Lipinski definition) is 3. The minimum absolute atomic E-state index is 0.632. The molecule has 298 valence electrons. The molecular weight excluding hydrogens is 779 g/mol. The zero-order valence-electron chi connectivity index (χ0n) is 34.6. The number of aromatic nitrogens is 5. The number of hydrogen-bond donors (Lipinski definition) is 0. The Bertz CT molecular complexity index is 3940. The van der Waals surface area contributed by atoms with E-state index in [-0.39, 0.29) is 0 Å². The summed E-state index contributed by atoms with van der Waals surface area (Å²) in [6.07, 6.45) is 0. The van der Waals surface area contributed by atoms with Gasteiger partial charge in [0.1, 0.15) is 0 Å². The van der Waals surface area contributed by atoms with Gasteiger partial charge in [0.05, 0.1) is 22.1 Å². The quantitative estimate of drug-likeness (QED) is 0.168. The van der Waals surface area contributed by atoms with Gasteiger partial charge in [-0.2, -0.15) is 0 Å². The summed E-state index contributed by atoms with van der Waals surface area (Å²) in [5.74, 6) is 1.90. The van der Waals surface area contributed by atoms with E-state index in [1.807, 2.05) is 24.3 Å². The average Bonchev–Trinajstić information content (AvgIpc) is 3.88. The molecule has 5 nitrogen and oxygen atoms in total. The van der Waals surface area contributed by atoms with Gasteiger partial charge in [-0.1, -0.05) is 170 Å². The Labute approximate surface area is 368 Å². The first-order chi connectivity index (χ1) is 31.7. The van der Waals surface area contributed by atoms with E-state index in [9.17, 15) is 0 Å². The normalized spacial score (nSPS) is 11.8. The van der Waals surface area contributed by atoms with Gasteiger partial charge in [-0.05, 0) is 87.3 Å². The number of benzene rings is 10. The van der Waals surface area contributed by atoms with Crippen LogP contribution in [-0.4, -0.2) is 24.1 Å². The highest BCUT2D eigenvalue weighted by molar-refractivity contribution is 6.25. The molecule has 0 unspecified atom stereocenters. The first-order valence-corrected chi connectivity index (χ1v) is 21.7. The van der Waals surface area contributed by atoms with Crippen LogP contribution in [0.3, 0.4) is 0 Å². The molecule has 0 N–H and O–H groups in total. The van der Waals surface area contributed by atoms with Gasteiger partial charge in [-0.25, -0.2) is 15.0 Å². The molecule has 0 bridgehead atoms. The van der Waals surface area contributed by atoms with Crippen LogP contribution in [0.1, 0.15) is 0 Å². The molecule has 0 aliphatic rings. The zero-order chi connectivity index (χ0) is 42.1. The van der Waals surface area contributed by atoms with Crippen molar-refractivity contribution in [2.75, 3.05) is 0 Å². The largest absolute Gasteiger partial charge is 0.309 e. The van der Waals surface area contributed by atoms with Crippen LogP contribution in [0, 0.1) is 0 Å². The maximum Gasteiger partial charge on any atom is 0.164 e. The van der Waals surface area contributed by atoms with Crippen molar-refractivity contribution < 1.29 is 0 Å². The standard InChI is InChI=1S/C59H37N5/c1-4-16-38(17-5-1)41-21-14-23-43(34-41)58-60-57(40-19-6-2-7-20-40)61-59(62-58)49-28-15-22-42-35-45(31-32-46(42)49)64-52-29-13-12-27-48(52)50-36-51-55(37-54(50)64)63(44-24-8-3-9-25-44)53-33-30-39-18-10-11-26-47(39)56(51)53/h1-37H. The van der Waals surface area contributed by atoms with Crippen molar-refractivity contribution in [1.29, 1.82) is 0 Å². The molecule has 0 aliphatic carbocycles. The van der Waals surface area contributed by atoms with E-state index < -0.39 is 0 Å². The van der Waals surface area contributed by atoms with Crippen molar-refractivity contribution in [3.63, 3.8) is 0 Å². The predicted octanol–water partition coefficient (Wildman–Crippen LogP) is 15.0. The van der Waals surface area contributed by atoms with Gasteiger partial charge >= 0.3 is 0 Å². The molecule has 10 aromatic carbocycles. The first-order valence-electron chi connectivity index (χ1n) is 21.7. The number of nitrogens with zero attached hydrogens (tertiary/aromatic N) is 5. The van der Waals surface area contributed by atoms with Gasteiger partial charge in [0, 0.05) is 49.6 Å². The molecule has 0 radical (unpaired) electrons. The minimum atomic E-state index is 0.632. The summed E-state index contributed by atoms with van der Waals surface area (Å²) in [6.45, 7) is 0. The zero-order valence-corrected chi connectivity index (χ0v) is 34.6. The third-order valence-electron chi connectivity index (χ3n) is 12.7. The van der Waals surface area contributed by atoms with Crippen LogP contribution in [-0.2, 0) is 0 Å². The Morgan fingerprint density at radius 2 is 0.875 bits per heavy atom. The molecular formula is C59H37N5. The molecule has 0 fully saturated rings. The monoisotopic (exact) mass is 815 g/mol. The molecule has 13 aromatic rings. The molecule has 0 atom stereocenters. The summed E-state index contributed by atoms with van der Waals surface area (Å²) < 4.78 is 4.85. The number of rotatable bonds is 6. The molecule has 0 aliphatic heterocycles. The van der Waals surface area contributed by atoms with Crippen molar-refractivity contribution in [2.24, 2.45) is 0 Å². The van der Waals surface area contributed by atoms with Crippen LogP contribution in [0.4, 0.5) is 0 Å². The molecule has 64 heavy (non-hydrogen) atoms. The predicted molar refractivity (Wildman–Crippen MR) is 265 cm³/mol. The summed E-state index contributed by atoms with van der Waals surface area (Å²) >= 11 is 0. The SMILES string of the molecule is c1ccc(-c2cccc(-c3nc(-c4ccccc4)nc(-c4cccc5cc(-n6c7ccccc7c7cc8c9c%10ccccc%10ccc9n(-c9ccccc9)c8cc76)ccc45)n3)c2)cc1. The number of fused-ring (bicyclic) bond motifs is 9. The molecule has 3 aromatic heterocycles. The lowest BCUT2D eigenvalue weighted by Crippen LogP contribution is -2.01. The molecule has 0 spiro atoms. The van der Waals surface area contributed by atoms with Gasteiger partial charge in [0.2, 0.25) is 0 Å². The summed E-state index contributed by atoms with van der Waals surface area (Å²) in [5.41, 5.74) is 12.0. The van der Waals surface area contributed by atoms with E-state index in [0.717, 1.165) is 61.0 Å². The van der Waals surface area contributed by atoms with Crippen molar-refractivity contribution in [3.8, 4) is 56.7 Å². The summed E-state index contributed by atoms with van der Waals surface area (Å²) in [7, 11) is 0. The molecule has 0 saturated heterocycles. The van der Waals surface area contributed by atoms with Gasteiger partial charge < -0.3 is 9.13 Å². The molecule has 0 saturated carbocycles. The maximum atomic E-state index is 5.21. The van der Waals surface area contributed by atoms with Gasteiger partial charge in [-0.15, -0.1) is 0 Å². The third kappa shape index (κ3) is 5.75. The smallest absolute Gasteiger partial charge is 0.164 e. The highest BCUT2D eigenvalue weighted by atomic mass is 15.0. The lowest BCUT2D eigenvalue weighted by Gasteiger charge is -2.13. The van der Waals surface area contributed by atoms with E-state index in [2.05, 4.69) is 209 Å². The highest BCUT2D eigenvalue weighted by Gasteiger charge is 2.21. The van der Waals surface area contributed by atoms with Crippen molar-refractivity contribution in [2.45, 2.75) is 0 Å². The summed E-state index contributed by atoms with van der Waals surface area (Å²) in [4.78, 5) is 15.4. The van der Waals surface area contributed by atoms with Crippen LogP contribution in [0.25, 0.3) is 122 Å². The van der Waals surface area contributed by atoms with E-state index in [1.165, 1.54) is 43.4 Å². The fourth-order valence-corrected chi connectivity index (χ4v) is 9.80. The Kier molecular flexibility index (Phi) is 8.15. The van der Waals surface area contributed by atoms with Crippen molar-refractivity contribution in [3.05, 3.63) is 224 Å². The van der Waals surface area contributed by atoms with E-state index >= 15 is 0 Å². The molecule has 13 rings (SSSR count). The number of para-hydroxylation sites is 2. The molecule has 3 heterocycles. The second-order valence-electron chi connectivity index (χ2n) is 16.4. The second-order valence-corrected chi connectivity index (χ2v) is 16.4. The Morgan fingerprint density at radius 1 is 0.266 bits per heavy atom. The first kappa shape index (κ1) is 36.0. The lowest BCUT2D eigenvalue weighted by atomic mass is 10.0. The van der Waals surface area contributed by atoms with E-state index in [4.69, 9.17) is 15.0 Å². The minimum Gasteiger partial charge on any atom is -0.309 e. The van der Waals surface area contributed by atoms with Gasteiger partial charge in [0.25, 0.3) is 0 Å². The van der Waals surface area contributed by atoms with Gasteiger partial charge in [-0.3, -0.25) is 0 Å². The fraction of sp³-hybridized carbons (Fsp3) is 0. The summed E-state index contributed by atoms with van der Waals surface area (Å²) in [6, 6.07) is 79.9. The Balaban J connectivity index is 1.01. The highest BCUT2D eigenvalue weighted by Crippen LogP contribution is 2.42. The van der Waals surface area contributed by atoms with Crippen LogP contribution in [0.2, 0.25) is 0 Å². The third-order valence-corrected chi connectivity index (χ3v) is 12.7. The Morgan fingerprint density at radius 3 is 1.70 bits per heavy atom. The van der Waals surface area contributed by atoms with E-state index in [1.54, 1.807) is 0 Å². The second kappa shape index (κ2) is 14.5. The van der Waals surface area contributed by atoms with Gasteiger partial charge in [0.15, 0.2) is 17.5 Å².